The fourth-order valence-corrected chi connectivity index (χ4v) is 1.48. The van der Waals surface area contributed by atoms with E-state index in [0.29, 0.717) is 11.1 Å². The molecule has 1 aromatic carbocycles. The van der Waals surface area contributed by atoms with E-state index in [1.54, 1.807) is 31.0 Å². The second kappa shape index (κ2) is 2.65. The number of benzene rings is 1. The number of para-hydroxylation sites is 1. The van der Waals surface area contributed by atoms with E-state index in [0.717, 1.165) is 5.52 Å². The number of nitrogens with one attached hydrogen (secondary N) is 1. The zero-order valence-electron chi connectivity index (χ0n) is 7.50. The van der Waals surface area contributed by atoms with Gasteiger partial charge in [0.05, 0.1) is 12.5 Å². The zero-order chi connectivity index (χ0) is 9.42. The van der Waals surface area contributed by atoms with Crippen LogP contribution in [0, 0.1) is 0 Å². The Bertz CT molecular complexity index is 496. The maximum Gasteiger partial charge on any atom is 0.272 e. The topological polar surface area (TPSA) is 47.0 Å². The third kappa shape index (κ3) is 1.02. The van der Waals surface area contributed by atoms with Crippen LogP contribution in [0.25, 0.3) is 10.9 Å². The molecule has 0 aliphatic carbocycles. The second-order valence-corrected chi connectivity index (χ2v) is 2.86. The molecule has 0 spiro atoms. The van der Waals surface area contributed by atoms with Gasteiger partial charge in [0, 0.05) is 7.05 Å². The van der Waals surface area contributed by atoms with Crippen LogP contribution in [0.15, 0.2) is 23.0 Å². The molecule has 0 unspecified atom stereocenters. The first kappa shape index (κ1) is 7.91. The number of nitrogens with zero attached hydrogens (tertiary/aromatic N) is 1. The molecule has 2 aromatic rings. The van der Waals surface area contributed by atoms with Crippen molar-refractivity contribution in [2.24, 2.45) is 7.05 Å². The normalized spacial score (nSPS) is 10.6. The molecule has 68 valence electrons. The minimum absolute atomic E-state index is 0.0867. The van der Waals surface area contributed by atoms with Crippen molar-refractivity contribution >= 4 is 10.9 Å². The summed E-state index contributed by atoms with van der Waals surface area (Å²) in [5.41, 5.74) is 0.714. The Hall–Kier alpha value is -1.71. The summed E-state index contributed by atoms with van der Waals surface area (Å²) in [6.45, 7) is 0. The molecule has 0 amide bonds. The van der Waals surface area contributed by atoms with Crippen LogP contribution in [0.3, 0.4) is 0 Å². The number of H-pyrrole nitrogens is 1. The lowest BCUT2D eigenvalue weighted by Gasteiger charge is -2.02. The predicted octanol–water partition coefficient (Wildman–Crippen LogP) is 0.875. The van der Waals surface area contributed by atoms with Crippen LogP contribution in [0.5, 0.6) is 5.75 Å². The van der Waals surface area contributed by atoms with Gasteiger partial charge in [-0.1, -0.05) is 6.07 Å². The quantitative estimate of drug-likeness (QED) is 0.704. The van der Waals surface area contributed by atoms with Crippen LogP contribution in [-0.2, 0) is 7.05 Å². The summed E-state index contributed by atoms with van der Waals surface area (Å²) in [6.07, 6.45) is 0. The Morgan fingerprint density at radius 2 is 2.23 bits per heavy atom. The van der Waals surface area contributed by atoms with Crippen molar-refractivity contribution in [3.8, 4) is 5.75 Å². The maximum atomic E-state index is 11.3. The first-order valence-corrected chi connectivity index (χ1v) is 3.95. The highest BCUT2D eigenvalue weighted by Gasteiger charge is 2.07. The van der Waals surface area contributed by atoms with E-state index in [9.17, 15) is 4.79 Å². The SMILES string of the molecule is COc1cccc2c(=O)[nH]n(C)c12. The number of aromatic amines is 1. The molecule has 0 atom stereocenters. The predicted molar refractivity (Wildman–Crippen MR) is 50.1 cm³/mol. The van der Waals surface area contributed by atoms with E-state index < -0.39 is 0 Å². The summed E-state index contributed by atoms with van der Waals surface area (Å²) >= 11 is 0. The number of methoxy groups -OCH3 is 1. The van der Waals surface area contributed by atoms with Crippen LogP contribution >= 0.6 is 0 Å². The highest BCUT2D eigenvalue weighted by atomic mass is 16.5. The second-order valence-electron chi connectivity index (χ2n) is 2.86. The third-order valence-electron chi connectivity index (χ3n) is 2.07. The first-order valence-electron chi connectivity index (χ1n) is 3.95. The molecule has 1 aromatic heterocycles. The van der Waals surface area contributed by atoms with Gasteiger partial charge in [-0.2, -0.15) is 0 Å². The van der Waals surface area contributed by atoms with Gasteiger partial charge in [0.25, 0.3) is 5.56 Å². The van der Waals surface area contributed by atoms with Crippen molar-refractivity contribution in [3.63, 3.8) is 0 Å². The Kier molecular flexibility index (Phi) is 1.62. The van der Waals surface area contributed by atoms with Crippen molar-refractivity contribution in [2.75, 3.05) is 7.11 Å². The Morgan fingerprint density at radius 3 is 2.92 bits per heavy atom. The van der Waals surface area contributed by atoms with Crippen molar-refractivity contribution < 1.29 is 4.74 Å². The number of fused-ring (bicyclic) bond motifs is 1. The van der Waals surface area contributed by atoms with Gasteiger partial charge in [0.2, 0.25) is 0 Å². The first-order chi connectivity index (χ1) is 6.24. The van der Waals surface area contributed by atoms with E-state index >= 15 is 0 Å². The minimum Gasteiger partial charge on any atom is -0.494 e. The molecule has 0 aliphatic rings. The number of hydrogen-bond donors (Lipinski definition) is 1. The number of rotatable bonds is 1. The lowest BCUT2D eigenvalue weighted by atomic mass is 10.2. The number of ether oxygens (including phenoxy) is 1. The summed E-state index contributed by atoms with van der Waals surface area (Å²) in [4.78, 5) is 11.3. The van der Waals surface area contributed by atoms with E-state index in [4.69, 9.17) is 4.74 Å². The number of hydrogen-bond acceptors (Lipinski definition) is 2. The lowest BCUT2D eigenvalue weighted by molar-refractivity contribution is 0.417. The average molecular weight is 178 g/mol. The van der Waals surface area contributed by atoms with Crippen LogP contribution in [-0.4, -0.2) is 16.9 Å². The molecule has 0 saturated carbocycles. The van der Waals surface area contributed by atoms with E-state index in [1.165, 1.54) is 0 Å². The van der Waals surface area contributed by atoms with Gasteiger partial charge in [0.1, 0.15) is 11.3 Å². The van der Waals surface area contributed by atoms with E-state index in [-0.39, 0.29) is 5.56 Å². The van der Waals surface area contributed by atoms with Crippen LogP contribution < -0.4 is 10.3 Å². The molecule has 0 bridgehead atoms. The summed E-state index contributed by atoms with van der Waals surface area (Å²) in [5, 5.41) is 3.33. The molecule has 0 radical (unpaired) electrons. The smallest absolute Gasteiger partial charge is 0.272 e. The Balaban J connectivity index is 2.97. The molecular weight excluding hydrogens is 168 g/mol. The molecule has 0 fully saturated rings. The zero-order valence-corrected chi connectivity index (χ0v) is 7.50. The van der Waals surface area contributed by atoms with Crippen LogP contribution in [0.2, 0.25) is 0 Å². The highest BCUT2D eigenvalue weighted by molar-refractivity contribution is 5.84. The van der Waals surface area contributed by atoms with Crippen molar-refractivity contribution in [3.05, 3.63) is 28.6 Å². The molecule has 4 nitrogen and oxygen atoms in total. The Morgan fingerprint density at radius 1 is 1.46 bits per heavy atom. The van der Waals surface area contributed by atoms with Gasteiger partial charge in [-0.25, -0.2) is 0 Å². The number of aromatic nitrogens is 2. The van der Waals surface area contributed by atoms with Crippen LogP contribution in [0.1, 0.15) is 0 Å². The molecular formula is C9H10N2O2. The molecule has 0 aliphatic heterocycles. The summed E-state index contributed by atoms with van der Waals surface area (Å²) in [6, 6.07) is 5.41. The van der Waals surface area contributed by atoms with Gasteiger partial charge in [0.15, 0.2) is 0 Å². The monoisotopic (exact) mass is 178 g/mol. The van der Waals surface area contributed by atoms with Crippen molar-refractivity contribution in [1.82, 2.24) is 9.78 Å². The Labute approximate surface area is 74.7 Å². The summed E-state index contributed by atoms with van der Waals surface area (Å²) in [5.74, 6) is 0.707. The molecule has 4 heteroatoms. The summed E-state index contributed by atoms with van der Waals surface area (Å²) in [7, 11) is 3.37. The van der Waals surface area contributed by atoms with Gasteiger partial charge >= 0.3 is 0 Å². The van der Waals surface area contributed by atoms with Gasteiger partial charge in [-0.3, -0.25) is 14.6 Å². The van der Waals surface area contributed by atoms with Gasteiger partial charge < -0.3 is 4.74 Å². The standard InChI is InChI=1S/C9H10N2O2/c1-11-8-6(9(12)10-11)4-3-5-7(8)13-2/h3-5H,1-2H3,(H,10,12). The summed E-state index contributed by atoms with van der Waals surface area (Å²) < 4.78 is 6.81. The lowest BCUT2D eigenvalue weighted by Crippen LogP contribution is -2.01. The molecule has 2 rings (SSSR count). The number of aryl methyl sites for hydroxylation is 1. The fourth-order valence-electron chi connectivity index (χ4n) is 1.48. The molecule has 0 saturated heterocycles. The molecule has 13 heavy (non-hydrogen) atoms. The van der Waals surface area contributed by atoms with E-state index in [1.807, 2.05) is 6.07 Å². The van der Waals surface area contributed by atoms with Crippen molar-refractivity contribution in [1.29, 1.82) is 0 Å². The van der Waals surface area contributed by atoms with Crippen LogP contribution in [0.4, 0.5) is 0 Å². The molecule has 1 N–H and O–H groups in total. The van der Waals surface area contributed by atoms with Gasteiger partial charge in [-0.15, -0.1) is 0 Å². The average Bonchev–Trinajstić information content (AvgIpc) is 2.43. The van der Waals surface area contributed by atoms with Gasteiger partial charge in [-0.05, 0) is 12.1 Å². The van der Waals surface area contributed by atoms with Crippen molar-refractivity contribution in [2.45, 2.75) is 0 Å². The van der Waals surface area contributed by atoms with E-state index in [2.05, 4.69) is 5.10 Å². The maximum absolute atomic E-state index is 11.3. The highest BCUT2D eigenvalue weighted by Crippen LogP contribution is 2.21. The third-order valence-corrected chi connectivity index (χ3v) is 2.07. The fraction of sp³-hybridized carbons (Fsp3) is 0.222. The minimum atomic E-state index is -0.0867. The molecule has 1 heterocycles. The largest absolute Gasteiger partial charge is 0.494 e.